The normalized spacial score (nSPS) is 12.7. The van der Waals surface area contributed by atoms with E-state index < -0.39 is 28.4 Å². The van der Waals surface area contributed by atoms with Crippen molar-refractivity contribution in [2.24, 2.45) is 5.92 Å². The van der Waals surface area contributed by atoms with Gasteiger partial charge >= 0.3 is 29.6 Å². The quantitative estimate of drug-likeness (QED) is 0.264. The molecule has 22 heavy (non-hydrogen) atoms. The minimum Gasteiger partial charge on any atom is -0.748 e. The van der Waals surface area contributed by atoms with Crippen LogP contribution in [0.4, 0.5) is 0 Å². The number of ketones is 1. The van der Waals surface area contributed by atoms with Gasteiger partial charge in [-0.15, -0.1) is 0 Å². The van der Waals surface area contributed by atoms with E-state index >= 15 is 0 Å². The first-order valence-electron chi connectivity index (χ1n) is 7.97. The SMILES string of the molecule is CCCCCCCCCCCC(=O)C(CO)CS(=O)(=O)[O-].[Na+]. The zero-order valence-corrected chi connectivity index (χ0v) is 16.9. The van der Waals surface area contributed by atoms with Crippen LogP contribution in [0.5, 0.6) is 0 Å². The molecule has 1 unspecified atom stereocenters. The molecule has 0 radical (unpaired) electrons. The molecule has 0 heterocycles. The summed E-state index contributed by atoms with van der Waals surface area (Å²) in [6, 6.07) is 0. The maximum absolute atomic E-state index is 11.7. The number of carbonyl (C=O) groups is 1. The van der Waals surface area contributed by atoms with E-state index in [1.807, 2.05) is 0 Å². The van der Waals surface area contributed by atoms with Crippen LogP contribution in [0.1, 0.15) is 71.1 Å². The van der Waals surface area contributed by atoms with Crippen molar-refractivity contribution in [3.8, 4) is 0 Å². The summed E-state index contributed by atoms with van der Waals surface area (Å²) in [7, 11) is -4.46. The third-order valence-electron chi connectivity index (χ3n) is 3.61. The fraction of sp³-hybridized carbons (Fsp3) is 0.933. The van der Waals surface area contributed by atoms with Gasteiger partial charge in [0.25, 0.3) is 0 Å². The van der Waals surface area contributed by atoms with E-state index in [0.717, 1.165) is 19.3 Å². The minimum absolute atomic E-state index is 0. The molecule has 0 saturated carbocycles. The van der Waals surface area contributed by atoms with Gasteiger partial charge in [-0.3, -0.25) is 4.79 Å². The summed E-state index contributed by atoms with van der Waals surface area (Å²) in [4.78, 5) is 11.7. The van der Waals surface area contributed by atoms with Crippen molar-refractivity contribution >= 4 is 15.9 Å². The summed E-state index contributed by atoms with van der Waals surface area (Å²) >= 11 is 0. The van der Waals surface area contributed by atoms with Crippen molar-refractivity contribution in [1.82, 2.24) is 0 Å². The monoisotopic (exact) mass is 344 g/mol. The molecule has 0 aliphatic rings. The maximum atomic E-state index is 11.7. The molecule has 0 saturated heterocycles. The molecule has 0 spiro atoms. The molecule has 0 aromatic rings. The van der Waals surface area contributed by atoms with Crippen molar-refractivity contribution in [3.63, 3.8) is 0 Å². The topological polar surface area (TPSA) is 94.5 Å². The van der Waals surface area contributed by atoms with Gasteiger partial charge < -0.3 is 9.66 Å². The fourth-order valence-corrected chi connectivity index (χ4v) is 3.09. The second kappa shape index (κ2) is 15.1. The molecule has 7 heteroatoms. The van der Waals surface area contributed by atoms with E-state index in [1.54, 1.807) is 0 Å². The summed E-state index contributed by atoms with van der Waals surface area (Å²) in [5.41, 5.74) is 0. The number of aliphatic hydroxyl groups excluding tert-OH is 1. The van der Waals surface area contributed by atoms with Gasteiger partial charge in [0.15, 0.2) is 0 Å². The summed E-state index contributed by atoms with van der Waals surface area (Å²) in [6.07, 6.45) is 10.4. The van der Waals surface area contributed by atoms with Crippen molar-refractivity contribution in [3.05, 3.63) is 0 Å². The first kappa shape index (κ1) is 24.8. The molecule has 0 aliphatic carbocycles. The molecular formula is C15H29NaO5S. The Morgan fingerprint density at radius 1 is 1.00 bits per heavy atom. The van der Waals surface area contributed by atoms with Crippen LogP contribution in [0.15, 0.2) is 0 Å². The summed E-state index contributed by atoms with van der Waals surface area (Å²) in [5, 5.41) is 8.98. The number of hydrogen-bond acceptors (Lipinski definition) is 5. The van der Waals surface area contributed by atoms with Gasteiger partial charge in [0.1, 0.15) is 5.78 Å². The number of unbranched alkanes of at least 4 members (excludes halogenated alkanes) is 8. The van der Waals surface area contributed by atoms with E-state index in [1.165, 1.54) is 32.1 Å². The van der Waals surface area contributed by atoms with Crippen LogP contribution >= 0.6 is 0 Å². The molecular weight excluding hydrogens is 315 g/mol. The Hall–Kier alpha value is 0.540. The average molecular weight is 344 g/mol. The van der Waals surface area contributed by atoms with Crippen molar-refractivity contribution < 1.29 is 52.4 Å². The van der Waals surface area contributed by atoms with E-state index in [-0.39, 0.29) is 41.8 Å². The molecule has 1 atom stereocenters. The summed E-state index contributed by atoms with van der Waals surface area (Å²) in [6.45, 7) is 1.62. The van der Waals surface area contributed by atoms with Crippen molar-refractivity contribution in [1.29, 1.82) is 0 Å². The second-order valence-electron chi connectivity index (χ2n) is 5.65. The number of hydrogen-bond donors (Lipinski definition) is 1. The summed E-state index contributed by atoms with van der Waals surface area (Å²) < 4.78 is 31.8. The largest absolute Gasteiger partial charge is 1.00 e. The second-order valence-corrected chi connectivity index (χ2v) is 7.10. The molecule has 0 bridgehead atoms. The molecule has 0 aromatic heterocycles. The van der Waals surface area contributed by atoms with Crippen molar-refractivity contribution in [2.45, 2.75) is 71.1 Å². The van der Waals surface area contributed by atoms with Gasteiger partial charge in [-0.25, -0.2) is 8.42 Å². The van der Waals surface area contributed by atoms with Crippen molar-refractivity contribution in [2.75, 3.05) is 12.4 Å². The smallest absolute Gasteiger partial charge is 0.748 e. The average Bonchev–Trinajstić information content (AvgIpc) is 2.41. The molecule has 0 rings (SSSR count). The van der Waals surface area contributed by atoms with Crippen LogP contribution in [-0.2, 0) is 14.9 Å². The molecule has 126 valence electrons. The molecule has 1 N–H and O–H groups in total. The molecule has 0 aliphatic heterocycles. The Balaban J connectivity index is 0. The van der Waals surface area contributed by atoms with Crippen LogP contribution in [-0.4, -0.2) is 36.2 Å². The third kappa shape index (κ3) is 15.4. The van der Waals surface area contributed by atoms with Gasteiger partial charge in [-0.2, -0.15) is 0 Å². The Labute approximate surface area is 157 Å². The van der Waals surface area contributed by atoms with Gasteiger partial charge in [0, 0.05) is 6.42 Å². The van der Waals surface area contributed by atoms with E-state index in [2.05, 4.69) is 6.92 Å². The van der Waals surface area contributed by atoms with Gasteiger partial charge in [-0.1, -0.05) is 58.3 Å². The fourth-order valence-electron chi connectivity index (χ4n) is 2.31. The predicted molar refractivity (Wildman–Crippen MR) is 82.0 cm³/mol. The Kier molecular flexibility index (Phi) is 17.0. The van der Waals surface area contributed by atoms with Crippen LogP contribution in [0, 0.1) is 5.92 Å². The Morgan fingerprint density at radius 2 is 1.45 bits per heavy atom. The number of Topliss-reactive ketones (excluding diaryl/α,β-unsaturated/α-hetero) is 1. The van der Waals surface area contributed by atoms with E-state index in [0.29, 0.717) is 6.42 Å². The first-order chi connectivity index (χ1) is 9.90. The zero-order valence-electron chi connectivity index (χ0n) is 14.1. The van der Waals surface area contributed by atoms with Gasteiger partial charge in [0.2, 0.25) is 0 Å². The summed E-state index contributed by atoms with van der Waals surface area (Å²) in [5.74, 6) is -2.17. The number of carbonyl (C=O) groups excluding carboxylic acids is 1. The van der Waals surface area contributed by atoms with Crippen LogP contribution in [0.2, 0.25) is 0 Å². The van der Waals surface area contributed by atoms with Gasteiger partial charge in [0.05, 0.1) is 28.4 Å². The third-order valence-corrected chi connectivity index (χ3v) is 4.42. The molecule has 0 amide bonds. The first-order valence-corrected chi connectivity index (χ1v) is 9.55. The van der Waals surface area contributed by atoms with E-state index in [4.69, 9.17) is 5.11 Å². The molecule has 5 nitrogen and oxygen atoms in total. The predicted octanol–water partition coefficient (Wildman–Crippen LogP) is -0.366. The zero-order chi connectivity index (χ0) is 16.1. The number of aliphatic hydroxyl groups is 1. The Bertz CT molecular complexity index is 370. The van der Waals surface area contributed by atoms with E-state index in [9.17, 15) is 17.8 Å². The van der Waals surface area contributed by atoms with Gasteiger partial charge in [-0.05, 0) is 6.42 Å². The minimum atomic E-state index is -4.46. The van der Waals surface area contributed by atoms with Crippen LogP contribution in [0.3, 0.4) is 0 Å². The Morgan fingerprint density at radius 3 is 1.86 bits per heavy atom. The molecule has 0 aromatic carbocycles. The van der Waals surface area contributed by atoms with Crippen LogP contribution < -0.4 is 29.6 Å². The standard InChI is InChI=1S/C15H30O5S.Na/c1-2-3-4-5-6-7-8-9-10-11-15(17)14(12-16)13-21(18,19)20;/h14,16H,2-13H2,1H3,(H,18,19,20);/q;+1/p-1. The molecule has 0 fully saturated rings. The maximum Gasteiger partial charge on any atom is 1.00 e. The van der Waals surface area contributed by atoms with Crippen LogP contribution in [0.25, 0.3) is 0 Å². The number of rotatable bonds is 14.